The molecule has 3 nitrogen and oxygen atoms in total. The molecule has 0 bridgehead atoms. The van der Waals surface area contributed by atoms with Gasteiger partial charge in [-0.25, -0.2) is 4.98 Å². The fourth-order valence-electron chi connectivity index (χ4n) is 2.30. The van der Waals surface area contributed by atoms with Crippen LogP contribution in [0.5, 0.6) is 0 Å². The minimum absolute atomic E-state index is 0.251. The molecule has 0 fully saturated rings. The van der Waals surface area contributed by atoms with E-state index in [-0.39, 0.29) is 5.54 Å². The third-order valence-corrected chi connectivity index (χ3v) is 8.87. The molecule has 1 aromatic heterocycles. The molecule has 104 valence electrons. The van der Waals surface area contributed by atoms with Crippen LogP contribution in [0.3, 0.4) is 0 Å². The Labute approximate surface area is 117 Å². The molecule has 6 heteroatoms. The Kier molecular flexibility index (Phi) is 5.23. The van der Waals surface area contributed by atoms with Gasteiger partial charge in [0.15, 0.2) is 8.24 Å². The summed E-state index contributed by atoms with van der Waals surface area (Å²) < 4.78 is 8.20. The second kappa shape index (κ2) is 5.90. The molecule has 0 saturated carbocycles. The normalized spacial score (nSPS) is 17.5. The Morgan fingerprint density at radius 3 is 2.39 bits per heavy atom. The van der Waals surface area contributed by atoms with Crippen molar-refractivity contribution in [3.05, 3.63) is 18.2 Å². The van der Waals surface area contributed by atoms with Crippen molar-refractivity contribution in [2.24, 2.45) is 0 Å². The maximum absolute atomic E-state index is 6.69. The van der Waals surface area contributed by atoms with Gasteiger partial charge in [0.2, 0.25) is 0 Å². The monoisotopic (exact) mass is 304 g/mol. The number of nitrogens with zero attached hydrogens (tertiary/aromatic N) is 2. The van der Waals surface area contributed by atoms with Crippen LogP contribution in [0.25, 0.3) is 0 Å². The maximum atomic E-state index is 6.69. The van der Waals surface area contributed by atoms with E-state index in [1.807, 2.05) is 13.1 Å². The smallest absolute Gasteiger partial charge is 0.297 e. The first-order valence-corrected chi connectivity index (χ1v) is 13.5. The average molecular weight is 305 g/mol. The molecule has 0 N–H and O–H groups in total. The molecular formula is C12H25ClN2OSi2. The van der Waals surface area contributed by atoms with Gasteiger partial charge in [0.05, 0.1) is 0 Å². The summed E-state index contributed by atoms with van der Waals surface area (Å²) in [5, 5.41) is 0. The van der Waals surface area contributed by atoms with Crippen molar-refractivity contribution in [3.8, 4) is 0 Å². The first-order chi connectivity index (χ1) is 8.24. The Morgan fingerprint density at radius 2 is 1.94 bits per heavy atom. The highest BCUT2D eigenvalue weighted by atomic mass is 35.6. The van der Waals surface area contributed by atoms with Crippen molar-refractivity contribution in [1.29, 1.82) is 0 Å². The van der Waals surface area contributed by atoms with Crippen LogP contribution in [0.1, 0.15) is 31.6 Å². The van der Waals surface area contributed by atoms with Gasteiger partial charge in [0.1, 0.15) is 5.82 Å². The van der Waals surface area contributed by atoms with Crippen LogP contribution in [0.4, 0.5) is 0 Å². The molecule has 0 aliphatic carbocycles. The van der Waals surface area contributed by atoms with E-state index < -0.39 is 15.9 Å². The summed E-state index contributed by atoms with van der Waals surface area (Å²) in [6, 6.07) is 0. The number of rotatable bonds is 6. The summed E-state index contributed by atoms with van der Waals surface area (Å²) in [6.07, 6.45) is 4.97. The molecular weight excluding hydrogens is 280 g/mol. The van der Waals surface area contributed by atoms with Crippen molar-refractivity contribution >= 4 is 26.9 Å². The van der Waals surface area contributed by atoms with Gasteiger partial charge in [-0.1, -0.05) is 26.6 Å². The van der Waals surface area contributed by atoms with Crippen LogP contribution in [-0.2, 0) is 4.43 Å². The molecule has 1 rings (SSSR count). The summed E-state index contributed by atoms with van der Waals surface area (Å²) in [4.78, 5) is 4.57. The molecule has 2 unspecified atom stereocenters. The lowest BCUT2D eigenvalue weighted by molar-refractivity contribution is 0.328. The molecule has 0 aliphatic heterocycles. The van der Waals surface area contributed by atoms with E-state index in [0.29, 0.717) is 6.61 Å². The third-order valence-electron chi connectivity index (χ3n) is 3.16. The summed E-state index contributed by atoms with van der Waals surface area (Å²) in [7, 11) is -3.68. The highest BCUT2D eigenvalue weighted by Crippen LogP contribution is 2.33. The zero-order valence-corrected chi connectivity index (χ0v) is 15.1. The summed E-state index contributed by atoms with van der Waals surface area (Å²) in [6.45, 7) is 13.9. The molecule has 1 heterocycles. The minimum Gasteiger partial charge on any atom is -0.403 e. The van der Waals surface area contributed by atoms with E-state index >= 15 is 0 Å². The first-order valence-electron chi connectivity index (χ1n) is 6.60. The molecule has 0 radical (unpaired) electrons. The zero-order chi connectivity index (χ0) is 14.0. The Bertz CT molecular complexity index is 388. The van der Waals surface area contributed by atoms with Crippen LogP contribution in [0.2, 0.25) is 26.2 Å². The number of halogens is 1. The fraction of sp³-hybridized carbons (Fsp3) is 0.750. The Hall–Kier alpha value is -0.106. The molecule has 0 aromatic carbocycles. The van der Waals surface area contributed by atoms with E-state index in [1.165, 1.54) is 0 Å². The minimum atomic E-state index is -2.24. The van der Waals surface area contributed by atoms with Gasteiger partial charge in [-0.2, -0.15) is 0 Å². The van der Waals surface area contributed by atoms with Crippen LogP contribution in [-0.4, -0.2) is 31.7 Å². The van der Waals surface area contributed by atoms with Gasteiger partial charge >= 0.3 is 0 Å². The lowest BCUT2D eigenvalue weighted by atomic mass is 10.3. The highest BCUT2D eigenvalue weighted by molar-refractivity contribution is 7.16. The topological polar surface area (TPSA) is 27.1 Å². The van der Waals surface area contributed by atoms with E-state index in [4.69, 9.17) is 15.5 Å². The average Bonchev–Trinajstić information content (AvgIpc) is 2.66. The second-order valence-electron chi connectivity index (χ2n) is 5.71. The third kappa shape index (κ3) is 3.47. The van der Waals surface area contributed by atoms with Crippen molar-refractivity contribution in [2.75, 3.05) is 6.61 Å². The van der Waals surface area contributed by atoms with Crippen LogP contribution >= 0.6 is 11.1 Å². The fourth-order valence-corrected chi connectivity index (χ4v) is 7.10. The van der Waals surface area contributed by atoms with Crippen molar-refractivity contribution < 1.29 is 4.43 Å². The predicted octanol–water partition coefficient (Wildman–Crippen LogP) is 3.95. The van der Waals surface area contributed by atoms with Gasteiger partial charge in [-0.05, 0) is 19.9 Å². The van der Waals surface area contributed by atoms with E-state index in [2.05, 4.69) is 48.5 Å². The predicted molar refractivity (Wildman–Crippen MR) is 83.1 cm³/mol. The van der Waals surface area contributed by atoms with Gasteiger partial charge in [-0.3, -0.25) is 0 Å². The zero-order valence-electron chi connectivity index (χ0n) is 12.3. The van der Waals surface area contributed by atoms with E-state index in [0.717, 1.165) is 12.2 Å². The Morgan fingerprint density at radius 1 is 1.33 bits per heavy atom. The molecule has 0 amide bonds. The number of imidazole rings is 1. The van der Waals surface area contributed by atoms with Crippen molar-refractivity contribution in [1.82, 2.24) is 9.22 Å². The molecule has 0 saturated heterocycles. The van der Waals surface area contributed by atoms with Gasteiger partial charge < -0.3 is 8.66 Å². The van der Waals surface area contributed by atoms with Crippen LogP contribution < -0.4 is 0 Å². The largest absolute Gasteiger partial charge is 0.403 e. The first kappa shape index (κ1) is 15.9. The van der Waals surface area contributed by atoms with E-state index in [9.17, 15) is 0 Å². The number of aromatic nitrogens is 2. The lowest BCUT2D eigenvalue weighted by Crippen LogP contribution is -2.41. The van der Waals surface area contributed by atoms with Crippen LogP contribution in [0.15, 0.2) is 12.4 Å². The maximum Gasteiger partial charge on any atom is 0.297 e. The van der Waals surface area contributed by atoms with Crippen LogP contribution in [0, 0.1) is 0 Å². The summed E-state index contributed by atoms with van der Waals surface area (Å²) in [5.41, 5.74) is 0.251. The number of hydrogen-bond donors (Lipinski definition) is 0. The van der Waals surface area contributed by atoms with Gasteiger partial charge in [0.25, 0.3) is 7.63 Å². The standard InChI is InChI=1S/C12H25ClN2OSi2/c1-7-11(18(6,13)16-8-2)12-14-9-10-15(12)17(3,4)5/h9-11H,7-8H2,1-6H3. The lowest BCUT2D eigenvalue weighted by Gasteiger charge is -2.31. The quantitative estimate of drug-likeness (QED) is 0.588. The van der Waals surface area contributed by atoms with Crippen molar-refractivity contribution in [2.45, 2.75) is 52.0 Å². The molecule has 0 aliphatic rings. The van der Waals surface area contributed by atoms with Gasteiger partial charge in [-0.15, -0.1) is 11.1 Å². The molecule has 0 spiro atoms. The summed E-state index contributed by atoms with van der Waals surface area (Å²) >= 11 is 6.69. The molecule has 18 heavy (non-hydrogen) atoms. The molecule has 1 aromatic rings. The van der Waals surface area contributed by atoms with Crippen molar-refractivity contribution in [3.63, 3.8) is 0 Å². The Balaban J connectivity index is 3.14. The second-order valence-corrected chi connectivity index (χ2v) is 15.7. The number of hydrogen-bond acceptors (Lipinski definition) is 2. The summed E-state index contributed by atoms with van der Waals surface area (Å²) in [5.74, 6) is 1.12. The van der Waals surface area contributed by atoms with E-state index in [1.54, 1.807) is 0 Å². The highest BCUT2D eigenvalue weighted by Gasteiger charge is 2.40. The van der Waals surface area contributed by atoms with Gasteiger partial charge in [0, 0.05) is 24.5 Å². The SMILES string of the molecule is CCO[Si](C)(Cl)C(CC)c1nccn1[Si](C)(C)C. The molecule has 2 atom stereocenters.